The maximum atomic E-state index is 12.1. The highest BCUT2D eigenvalue weighted by Crippen LogP contribution is 2.15. The molecule has 0 bridgehead atoms. The van der Waals surface area contributed by atoms with Gasteiger partial charge >= 0.3 is 0 Å². The van der Waals surface area contributed by atoms with Crippen molar-refractivity contribution >= 4 is 11.6 Å². The van der Waals surface area contributed by atoms with Crippen LogP contribution in [0.1, 0.15) is 15.9 Å². The van der Waals surface area contributed by atoms with Gasteiger partial charge in [0.1, 0.15) is 5.82 Å². The topological polar surface area (TPSA) is 42.0 Å². The Morgan fingerprint density at radius 1 is 1.12 bits per heavy atom. The highest BCUT2D eigenvalue weighted by atomic mass is 16.1. The summed E-state index contributed by atoms with van der Waals surface area (Å²) in [4.78, 5) is 16.3. The standard InChI is InChI=1S/C13H12N2O/c1-14-13-11(8-5-9-15-13)12(16)10-6-3-2-4-7-10/h2-9H,1H3,(H,14,15). The molecule has 0 amide bonds. The van der Waals surface area contributed by atoms with Crippen LogP contribution in [0.15, 0.2) is 48.7 Å². The van der Waals surface area contributed by atoms with Crippen LogP contribution in [0.3, 0.4) is 0 Å². The second-order valence-corrected chi connectivity index (χ2v) is 3.34. The molecule has 1 N–H and O–H groups in total. The van der Waals surface area contributed by atoms with Crippen molar-refractivity contribution in [1.29, 1.82) is 0 Å². The maximum absolute atomic E-state index is 12.1. The van der Waals surface area contributed by atoms with E-state index in [1.165, 1.54) is 0 Å². The molecule has 16 heavy (non-hydrogen) atoms. The fourth-order valence-corrected chi connectivity index (χ4v) is 1.53. The van der Waals surface area contributed by atoms with Gasteiger partial charge in [0.15, 0.2) is 5.78 Å². The number of nitrogens with zero attached hydrogens (tertiary/aromatic N) is 1. The number of hydrogen-bond acceptors (Lipinski definition) is 3. The third-order valence-corrected chi connectivity index (χ3v) is 2.33. The molecule has 0 saturated carbocycles. The lowest BCUT2D eigenvalue weighted by atomic mass is 10.0. The average molecular weight is 212 g/mol. The molecule has 0 aliphatic carbocycles. The van der Waals surface area contributed by atoms with Gasteiger partial charge in [-0.3, -0.25) is 4.79 Å². The van der Waals surface area contributed by atoms with Gasteiger partial charge in [-0.25, -0.2) is 4.98 Å². The molecule has 80 valence electrons. The Morgan fingerprint density at radius 3 is 2.56 bits per heavy atom. The first-order valence-corrected chi connectivity index (χ1v) is 5.05. The van der Waals surface area contributed by atoms with E-state index in [2.05, 4.69) is 10.3 Å². The van der Waals surface area contributed by atoms with Crippen molar-refractivity contribution in [3.05, 3.63) is 59.8 Å². The zero-order chi connectivity index (χ0) is 11.4. The van der Waals surface area contributed by atoms with Gasteiger partial charge in [-0.05, 0) is 12.1 Å². The van der Waals surface area contributed by atoms with E-state index in [0.29, 0.717) is 16.9 Å². The number of nitrogens with one attached hydrogen (secondary N) is 1. The lowest BCUT2D eigenvalue weighted by Gasteiger charge is -2.06. The van der Waals surface area contributed by atoms with E-state index in [-0.39, 0.29) is 5.78 Å². The first-order chi connectivity index (χ1) is 7.83. The van der Waals surface area contributed by atoms with Crippen molar-refractivity contribution in [2.75, 3.05) is 12.4 Å². The number of ketones is 1. The molecule has 1 aromatic carbocycles. The largest absolute Gasteiger partial charge is 0.373 e. The Morgan fingerprint density at radius 2 is 1.88 bits per heavy atom. The third kappa shape index (κ3) is 1.93. The van der Waals surface area contributed by atoms with Gasteiger partial charge in [0.05, 0.1) is 5.56 Å². The minimum Gasteiger partial charge on any atom is -0.373 e. The minimum absolute atomic E-state index is 0.0157. The fourth-order valence-electron chi connectivity index (χ4n) is 1.53. The van der Waals surface area contributed by atoms with Crippen LogP contribution < -0.4 is 5.32 Å². The van der Waals surface area contributed by atoms with Crippen LogP contribution in [0.4, 0.5) is 5.82 Å². The van der Waals surface area contributed by atoms with E-state index in [4.69, 9.17) is 0 Å². The van der Waals surface area contributed by atoms with E-state index in [9.17, 15) is 4.79 Å². The van der Waals surface area contributed by atoms with Gasteiger partial charge in [0.2, 0.25) is 0 Å². The molecule has 0 radical (unpaired) electrons. The lowest BCUT2D eigenvalue weighted by Crippen LogP contribution is -2.06. The van der Waals surface area contributed by atoms with Gasteiger partial charge in [0, 0.05) is 18.8 Å². The molecule has 2 aromatic rings. The van der Waals surface area contributed by atoms with E-state index >= 15 is 0 Å². The molecule has 0 spiro atoms. The van der Waals surface area contributed by atoms with Crippen molar-refractivity contribution in [2.45, 2.75) is 0 Å². The molecule has 0 aliphatic heterocycles. The van der Waals surface area contributed by atoms with E-state index in [1.807, 2.05) is 18.2 Å². The minimum atomic E-state index is -0.0157. The number of pyridine rings is 1. The van der Waals surface area contributed by atoms with Crippen LogP contribution in [0.2, 0.25) is 0 Å². The first-order valence-electron chi connectivity index (χ1n) is 5.05. The monoisotopic (exact) mass is 212 g/mol. The molecule has 0 unspecified atom stereocenters. The summed E-state index contributed by atoms with van der Waals surface area (Å²) in [5.74, 6) is 0.592. The quantitative estimate of drug-likeness (QED) is 0.794. The highest BCUT2D eigenvalue weighted by molar-refractivity contribution is 6.11. The number of aromatic nitrogens is 1. The molecule has 1 aromatic heterocycles. The summed E-state index contributed by atoms with van der Waals surface area (Å²) in [5.41, 5.74) is 1.27. The first kappa shape index (κ1) is 10.4. The maximum Gasteiger partial charge on any atom is 0.196 e. The Balaban J connectivity index is 2.42. The zero-order valence-electron chi connectivity index (χ0n) is 8.97. The summed E-state index contributed by atoms with van der Waals surface area (Å²) in [6.45, 7) is 0. The number of carbonyl (C=O) groups is 1. The molecule has 0 aliphatic rings. The lowest BCUT2D eigenvalue weighted by molar-refractivity contribution is 0.103. The molecule has 0 atom stereocenters. The van der Waals surface area contributed by atoms with Crippen LogP contribution in [0.5, 0.6) is 0 Å². The molecule has 0 fully saturated rings. The van der Waals surface area contributed by atoms with E-state index in [0.717, 1.165) is 0 Å². The molecule has 1 heterocycles. The summed E-state index contributed by atoms with van der Waals surface area (Å²) >= 11 is 0. The molecule has 2 rings (SSSR count). The van der Waals surface area contributed by atoms with Crippen molar-refractivity contribution in [3.63, 3.8) is 0 Å². The summed E-state index contributed by atoms with van der Waals surface area (Å²) in [6, 6.07) is 12.7. The van der Waals surface area contributed by atoms with Crippen molar-refractivity contribution in [1.82, 2.24) is 4.98 Å². The van der Waals surface area contributed by atoms with Gasteiger partial charge in [-0.1, -0.05) is 30.3 Å². The number of rotatable bonds is 3. The van der Waals surface area contributed by atoms with Crippen LogP contribution >= 0.6 is 0 Å². The molecular formula is C13H12N2O. The van der Waals surface area contributed by atoms with Gasteiger partial charge in [0.25, 0.3) is 0 Å². The predicted molar refractivity (Wildman–Crippen MR) is 63.7 cm³/mol. The van der Waals surface area contributed by atoms with E-state index < -0.39 is 0 Å². The van der Waals surface area contributed by atoms with Crippen LogP contribution in [-0.2, 0) is 0 Å². The van der Waals surface area contributed by atoms with Gasteiger partial charge in [-0.2, -0.15) is 0 Å². The summed E-state index contributed by atoms with van der Waals surface area (Å²) in [6.07, 6.45) is 1.66. The van der Waals surface area contributed by atoms with Gasteiger partial charge in [-0.15, -0.1) is 0 Å². The number of carbonyl (C=O) groups excluding carboxylic acids is 1. The van der Waals surface area contributed by atoms with Crippen LogP contribution in [-0.4, -0.2) is 17.8 Å². The Labute approximate surface area is 94.1 Å². The fraction of sp³-hybridized carbons (Fsp3) is 0.0769. The van der Waals surface area contributed by atoms with Crippen LogP contribution in [0.25, 0.3) is 0 Å². The number of hydrogen-bond donors (Lipinski definition) is 1. The van der Waals surface area contributed by atoms with Crippen LogP contribution in [0, 0.1) is 0 Å². The summed E-state index contributed by atoms with van der Waals surface area (Å²) in [5, 5.41) is 2.91. The summed E-state index contributed by atoms with van der Waals surface area (Å²) in [7, 11) is 1.75. The third-order valence-electron chi connectivity index (χ3n) is 2.33. The second kappa shape index (κ2) is 4.57. The molecule has 3 nitrogen and oxygen atoms in total. The number of anilines is 1. The average Bonchev–Trinajstić information content (AvgIpc) is 2.39. The van der Waals surface area contributed by atoms with Crippen molar-refractivity contribution < 1.29 is 4.79 Å². The zero-order valence-corrected chi connectivity index (χ0v) is 8.97. The normalized spacial score (nSPS) is 9.81. The van der Waals surface area contributed by atoms with Crippen molar-refractivity contribution in [3.8, 4) is 0 Å². The Bertz CT molecular complexity index is 494. The predicted octanol–water partition coefficient (Wildman–Crippen LogP) is 2.35. The highest BCUT2D eigenvalue weighted by Gasteiger charge is 2.12. The Kier molecular flexibility index (Phi) is 2.96. The van der Waals surface area contributed by atoms with E-state index in [1.54, 1.807) is 37.5 Å². The smallest absolute Gasteiger partial charge is 0.196 e. The molecular weight excluding hydrogens is 200 g/mol. The Hall–Kier alpha value is -2.16. The second-order valence-electron chi connectivity index (χ2n) is 3.34. The van der Waals surface area contributed by atoms with Crippen molar-refractivity contribution in [2.24, 2.45) is 0 Å². The van der Waals surface area contributed by atoms with Gasteiger partial charge < -0.3 is 5.32 Å². The molecule has 0 saturated heterocycles. The SMILES string of the molecule is CNc1ncccc1C(=O)c1ccccc1. The molecule has 3 heteroatoms. The number of benzene rings is 1. The summed E-state index contributed by atoms with van der Waals surface area (Å²) < 4.78 is 0.